The molecule has 0 aromatic heterocycles. The lowest BCUT2D eigenvalue weighted by atomic mass is 9.88. The van der Waals surface area contributed by atoms with E-state index in [0.717, 1.165) is 18.9 Å². The van der Waals surface area contributed by atoms with Crippen molar-refractivity contribution in [2.45, 2.75) is 46.1 Å². The Labute approximate surface area is 81.3 Å². The van der Waals surface area contributed by atoms with Crippen LogP contribution in [0.3, 0.4) is 0 Å². The van der Waals surface area contributed by atoms with E-state index in [1.807, 2.05) is 0 Å². The number of nitriles is 1. The van der Waals surface area contributed by atoms with Crippen LogP contribution in [0.5, 0.6) is 0 Å². The molecule has 1 rings (SSSR count). The fraction of sp³-hybridized carbons (Fsp3) is 0.909. The SMILES string of the molecule is CC(C)(C)CC(C#N)NCC1CC1. The molecule has 74 valence electrons. The maximum atomic E-state index is 8.91. The van der Waals surface area contributed by atoms with E-state index in [1.54, 1.807) is 0 Å². The first-order valence-electron chi connectivity index (χ1n) is 5.14. The molecule has 1 saturated carbocycles. The van der Waals surface area contributed by atoms with Crippen LogP contribution in [0.25, 0.3) is 0 Å². The van der Waals surface area contributed by atoms with Crippen LogP contribution in [0.2, 0.25) is 0 Å². The van der Waals surface area contributed by atoms with Gasteiger partial charge in [0.15, 0.2) is 0 Å². The van der Waals surface area contributed by atoms with Gasteiger partial charge < -0.3 is 5.32 Å². The molecule has 0 amide bonds. The fourth-order valence-electron chi connectivity index (χ4n) is 1.41. The molecule has 0 aromatic rings. The minimum absolute atomic E-state index is 0.0422. The third kappa shape index (κ3) is 4.90. The van der Waals surface area contributed by atoms with Crippen LogP contribution in [0, 0.1) is 22.7 Å². The second kappa shape index (κ2) is 4.11. The smallest absolute Gasteiger partial charge is 0.0958 e. The zero-order valence-corrected chi connectivity index (χ0v) is 8.93. The highest BCUT2D eigenvalue weighted by molar-refractivity contribution is 4.93. The van der Waals surface area contributed by atoms with Gasteiger partial charge in [-0.3, -0.25) is 0 Å². The maximum absolute atomic E-state index is 8.91. The highest BCUT2D eigenvalue weighted by Crippen LogP contribution is 2.28. The highest BCUT2D eigenvalue weighted by atomic mass is 14.9. The van der Waals surface area contributed by atoms with Crippen LogP contribution >= 0.6 is 0 Å². The Hall–Kier alpha value is -0.550. The maximum Gasteiger partial charge on any atom is 0.0958 e. The molecular formula is C11H20N2. The predicted octanol–water partition coefficient (Wildman–Crippen LogP) is 2.31. The molecule has 0 bridgehead atoms. The second-order valence-electron chi connectivity index (χ2n) is 5.30. The Morgan fingerprint density at radius 2 is 2.08 bits per heavy atom. The van der Waals surface area contributed by atoms with Crippen LogP contribution in [0.1, 0.15) is 40.0 Å². The number of rotatable bonds is 4. The molecule has 1 unspecified atom stereocenters. The van der Waals surface area contributed by atoms with E-state index in [2.05, 4.69) is 32.2 Å². The topological polar surface area (TPSA) is 35.8 Å². The molecule has 0 aromatic carbocycles. The van der Waals surface area contributed by atoms with Crippen molar-refractivity contribution in [2.24, 2.45) is 11.3 Å². The normalized spacial score (nSPS) is 19.5. The van der Waals surface area contributed by atoms with Gasteiger partial charge in [-0.2, -0.15) is 5.26 Å². The standard InChI is InChI=1S/C11H20N2/c1-11(2,3)6-10(7-12)13-8-9-4-5-9/h9-10,13H,4-6,8H2,1-3H3. The number of hydrogen-bond donors (Lipinski definition) is 1. The van der Waals surface area contributed by atoms with Crippen LogP contribution in [0.4, 0.5) is 0 Å². The predicted molar refractivity (Wildman–Crippen MR) is 54.2 cm³/mol. The van der Waals surface area contributed by atoms with Gasteiger partial charge in [0, 0.05) is 0 Å². The van der Waals surface area contributed by atoms with E-state index < -0.39 is 0 Å². The lowest BCUT2D eigenvalue weighted by molar-refractivity contribution is 0.336. The summed E-state index contributed by atoms with van der Waals surface area (Å²) in [6, 6.07) is 2.37. The van der Waals surface area contributed by atoms with Gasteiger partial charge in [0.25, 0.3) is 0 Å². The molecule has 1 N–H and O–H groups in total. The quantitative estimate of drug-likeness (QED) is 0.720. The summed E-state index contributed by atoms with van der Waals surface area (Å²) >= 11 is 0. The molecule has 1 atom stereocenters. The number of hydrogen-bond acceptors (Lipinski definition) is 2. The van der Waals surface area contributed by atoms with Crippen molar-refractivity contribution in [3.8, 4) is 6.07 Å². The molecular weight excluding hydrogens is 160 g/mol. The summed E-state index contributed by atoms with van der Waals surface area (Å²) < 4.78 is 0. The van der Waals surface area contributed by atoms with Gasteiger partial charge in [0.05, 0.1) is 12.1 Å². The first kappa shape index (κ1) is 10.5. The summed E-state index contributed by atoms with van der Waals surface area (Å²) in [5.74, 6) is 0.857. The second-order valence-corrected chi connectivity index (χ2v) is 5.30. The molecule has 1 aliphatic carbocycles. The molecule has 0 heterocycles. The molecule has 2 nitrogen and oxygen atoms in total. The Morgan fingerprint density at radius 1 is 1.46 bits per heavy atom. The molecule has 0 radical (unpaired) electrons. The first-order chi connectivity index (χ1) is 6.01. The summed E-state index contributed by atoms with van der Waals surface area (Å²) in [6.45, 7) is 7.57. The van der Waals surface area contributed by atoms with Crippen LogP contribution in [0.15, 0.2) is 0 Å². The molecule has 13 heavy (non-hydrogen) atoms. The Balaban J connectivity index is 2.21. The zero-order valence-electron chi connectivity index (χ0n) is 8.93. The van der Waals surface area contributed by atoms with Crippen molar-refractivity contribution >= 4 is 0 Å². The van der Waals surface area contributed by atoms with Gasteiger partial charge in [-0.15, -0.1) is 0 Å². The zero-order chi connectivity index (χ0) is 9.90. The van der Waals surface area contributed by atoms with Crippen molar-refractivity contribution in [3.63, 3.8) is 0 Å². The summed E-state index contributed by atoms with van der Waals surface area (Å²) in [4.78, 5) is 0. The minimum Gasteiger partial charge on any atom is -0.302 e. The fourth-order valence-corrected chi connectivity index (χ4v) is 1.41. The Kier molecular flexibility index (Phi) is 3.33. The van der Waals surface area contributed by atoms with Gasteiger partial charge >= 0.3 is 0 Å². The monoisotopic (exact) mass is 180 g/mol. The van der Waals surface area contributed by atoms with E-state index >= 15 is 0 Å². The summed E-state index contributed by atoms with van der Waals surface area (Å²) in [7, 11) is 0. The lowest BCUT2D eigenvalue weighted by Crippen LogP contribution is -2.33. The van der Waals surface area contributed by atoms with Crippen molar-refractivity contribution < 1.29 is 0 Å². The number of nitrogens with one attached hydrogen (secondary N) is 1. The van der Waals surface area contributed by atoms with Gasteiger partial charge in [-0.05, 0) is 37.1 Å². The van der Waals surface area contributed by atoms with Crippen molar-refractivity contribution in [1.82, 2.24) is 5.32 Å². The molecule has 0 aliphatic heterocycles. The molecule has 0 saturated heterocycles. The van der Waals surface area contributed by atoms with Crippen LogP contribution in [-0.2, 0) is 0 Å². The van der Waals surface area contributed by atoms with E-state index in [9.17, 15) is 0 Å². The van der Waals surface area contributed by atoms with E-state index in [-0.39, 0.29) is 11.5 Å². The van der Waals surface area contributed by atoms with Crippen molar-refractivity contribution in [3.05, 3.63) is 0 Å². The van der Waals surface area contributed by atoms with Crippen LogP contribution in [-0.4, -0.2) is 12.6 Å². The van der Waals surface area contributed by atoms with Crippen molar-refractivity contribution in [1.29, 1.82) is 5.26 Å². The summed E-state index contributed by atoms with van der Waals surface area (Å²) in [5, 5.41) is 12.2. The minimum atomic E-state index is 0.0422. The Morgan fingerprint density at radius 3 is 2.46 bits per heavy atom. The summed E-state index contributed by atoms with van der Waals surface area (Å²) in [6.07, 6.45) is 3.64. The molecule has 1 fully saturated rings. The van der Waals surface area contributed by atoms with E-state index in [1.165, 1.54) is 12.8 Å². The Bertz CT molecular complexity index is 193. The van der Waals surface area contributed by atoms with Crippen molar-refractivity contribution in [2.75, 3.05) is 6.54 Å². The largest absolute Gasteiger partial charge is 0.302 e. The van der Waals surface area contributed by atoms with E-state index in [0.29, 0.717) is 0 Å². The number of nitrogens with zero attached hydrogens (tertiary/aromatic N) is 1. The van der Waals surface area contributed by atoms with Crippen LogP contribution < -0.4 is 5.32 Å². The van der Waals surface area contributed by atoms with Gasteiger partial charge in [0.2, 0.25) is 0 Å². The lowest BCUT2D eigenvalue weighted by Gasteiger charge is -2.22. The van der Waals surface area contributed by atoms with E-state index in [4.69, 9.17) is 5.26 Å². The third-order valence-corrected chi connectivity index (χ3v) is 2.32. The average molecular weight is 180 g/mol. The third-order valence-electron chi connectivity index (χ3n) is 2.32. The van der Waals surface area contributed by atoms with Gasteiger partial charge in [-0.1, -0.05) is 20.8 Å². The summed E-state index contributed by atoms with van der Waals surface area (Å²) in [5.41, 5.74) is 0.247. The molecule has 0 spiro atoms. The first-order valence-corrected chi connectivity index (χ1v) is 5.14. The average Bonchev–Trinajstić information content (AvgIpc) is 2.78. The van der Waals surface area contributed by atoms with Gasteiger partial charge in [-0.25, -0.2) is 0 Å². The molecule has 2 heteroatoms. The highest BCUT2D eigenvalue weighted by Gasteiger charge is 2.24. The molecule has 1 aliphatic rings. The van der Waals surface area contributed by atoms with Gasteiger partial charge in [0.1, 0.15) is 0 Å².